The standard InChI is InChI=1S/C15H17N3O5/c19-13(11-8-10(17-18-11)12-2-1-5-23-12)16-9-15(14(20)21)3-6-22-7-4-15/h1-2,5,8H,3-4,6-7,9H2,(H,16,19)(H,17,18)(H,20,21). The van der Waals surface area contributed by atoms with Gasteiger partial charge in [0.15, 0.2) is 11.5 Å². The van der Waals surface area contributed by atoms with Crippen LogP contribution < -0.4 is 5.32 Å². The fraction of sp³-hybridized carbons (Fsp3) is 0.400. The highest BCUT2D eigenvalue weighted by atomic mass is 16.5. The predicted molar refractivity (Wildman–Crippen MR) is 78.7 cm³/mol. The number of hydrogen-bond acceptors (Lipinski definition) is 5. The lowest BCUT2D eigenvalue weighted by molar-refractivity contribution is -0.154. The van der Waals surface area contributed by atoms with Crippen LogP contribution in [0.1, 0.15) is 23.3 Å². The summed E-state index contributed by atoms with van der Waals surface area (Å²) in [6.07, 6.45) is 2.28. The molecule has 8 heteroatoms. The van der Waals surface area contributed by atoms with E-state index in [0.717, 1.165) is 0 Å². The van der Waals surface area contributed by atoms with E-state index in [-0.39, 0.29) is 12.2 Å². The normalized spacial score (nSPS) is 16.9. The topological polar surface area (TPSA) is 117 Å². The van der Waals surface area contributed by atoms with Crippen LogP contribution in [-0.4, -0.2) is 46.9 Å². The molecule has 0 aromatic carbocycles. The number of ether oxygens (including phenoxy) is 1. The second kappa shape index (κ2) is 6.25. The lowest BCUT2D eigenvalue weighted by Gasteiger charge is -2.32. The summed E-state index contributed by atoms with van der Waals surface area (Å²) < 4.78 is 10.4. The van der Waals surface area contributed by atoms with E-state index >= 15 is 0 Å². The second-order valence-corrected chi connectivity index (χ2v) is 5.52. The second-order valence-electron chi connectivity index (χ2n) is 5.52. The number of amides is 1. The maximum atomic E-state index is 12.2. The molecule has 3 N–H and O–H groups in total. The average molecular weight is 319 g/mol. The molecule has 0 spiro atoms. The van der Waals surface area contributed by atoms with E-state index in [0.29, 0.717) is 37.5 Å². The van der Waals surface area contributed by atoms with Crippen molar-refractivity contribution in [2.45, 2.75) is 12.8 Å². The summed E-state index contributed by atoms with van der Waals surface area (Å²) in [6, 6.07) is 5.04. The summed E-state index contributed by atoms with van der Waals surface area (Å²) in [5.41, 5.74) is -0.211. The van der Waals surface area contributed by atoms with E-state index in [9.17, 15) is 14.7 Å². The van der Waals surface area contributed by atoms with Crippen LogP contribution in [0.25, 0.3) is 11.5 Å². The molecule has 1 saturated heterocycles. The van der Waals surface area contributed by atoms with Crippen LogP contribution in [-0.2, 0) is 9.53 Å². The minimum absolute atomic E-state index is 0.0491. The molecule has 1 amide bonds. The van der Waals surface area contributed by atoms with Crippen molar-refractivity contribution in [3.8, 4) is 11.5 Å². The van der Waals surface area contributed by atoms with Gasteiger partial charge in [-0.1, -0.05) is 0 Å². The van der Waals surface area contributed by atoms with Crippen molar-refractivity contribution < 1.29 is 23.8 Å². The number of rotatable bonds is 5. The van der Waals surface area contributed by atoms with Gasteiger partial charge < -0.3 is 19.6 Å². The Balaban J connectivity index is 1.66. The molecule has 0 aliphatic carbocycles. The number of nitrogens with zero attached hydrogens (tertiary/aromatic N) is 1. The third-order valence-electron chi connectivity index (χ3n) is 4.09. The Hall–Kier alpha value is -2.61. The Morgan fingerprint density at radius 3 is 2.83 bits per heavy atom. The molecule has 122 valence electrons. The molecule has 2 aromatic heterocycles. The van der Waals surface area contributed by atoms with Gasteiger partial charge in [0.2, 0.25) is 0 Å². The highest BCUT2D eigenvalue weighted by molar-refractivity contribution is 5.93. The number of nitrogens with one attached hydrogen (secondary N) is 2. The molecule has 3 rings (SSSR count). The van der Waals surface area contributed by atoms with Gasteiger partial charge in [-0.15, -0.1) is 0 Å². The van der Waals surface area contributed by atoms with E-state index in [1.165, 1.54) is 6.26 Å². The van der Waals surface area contributed by atoms with Crippen LogP contribution in [0.5, 0.6) is 0 Å². The zero-order valence-corrected chi connectivity index (χ0v) is 12.4. The zero-order chi connectivity index (χ0) is 16.3. The van der Waals surface area contributed by atoms with E-state index in [4.69, 9.17) is 9.15 Å². The summed E-state index contributed by atoms with van der Waals surface area (Å²) in [7, 11) is 0. The molecule has 1 fully saturated rings. The van der Waals surface area contributed by atoms with Crippen LogP contribution in [0.3, 0.4) is 0 Å². The highest BCUT2D eigenvalue weighted by Crippen LogP contribution is 2.30. The number of hydrogen-bond donors (Lipinski definition) is 3. The molecule has 0 atom stereocenters. The number of furan rings is 1. The molecule has 0 unspecified atom stereocenters. The molecule has 0 bridgehead atoms. The number of carboxylic acid groups (broad SMARTS) is 1. The van der Waals surface area contributed by atoms with E-state index < -0.39 is 17.3 Å². The third-order valence-corrected chi connectivity index (χ3v) is 4.09. The quantitative estimate of drug-likeness (QED) is 0.764. The number of aromatic nitrogens is 2. The summed E-state index contributed by atoms with van der Waals surface area (Å²) in [5.74, 6) is -0.770. The number of carboxylic acids is 1. The molecule has 2 aromatic rings. The minimum Gasteiger partial charge on any atom is -0.481 e. The van der Waals surface area contributed by atoms with E-state index in [1.54, 1.807) is 18.2 Å². The highest BCUT2D eigenvalue weighted by Gasteiger charge is 2.40. The fourth-order valence-corrected chi connectivity index (χ4v) is 2.56. The molecule has 0 saturated carbocycles. The number of aliphatic carboxylic acids is 1. The molecule has 1 aliphatic rings. The van der Waals surface area contributed by atoms with Crippen molar-refractivity contribution in [1.29, 1.82) is 0 Å². The third kappa shape index (κ3) is 3.11. The minimum atomic E-state index is -0.978. The van der Waals surface area contributed by atoms with Gasteiger partial charge in [0.05, 0.1) is 11.7 Å². The van der Waals surface area contributed by atoms with Crippen LogP contribution in [0.2, 0.25) is 0 Å². The van der Waals surface area contributed by atoms with Crippen LogP contribution >= 0.6 is 0 Å². The number of carbonyl (C=O) groups excluding carboxylic acids is 1. The first-order chi connectivity index (χ1) is 11.1. The van der Waals surface area contributed by atoms with Crippen LogP contribution in [0, 0.1) is 5.41 Å². The van der Waals surface area contributed by atoms with Crippen molar-refractivity contribution >= 4 is 11.9 Å². The Labute approximate surface area is 131 Å². The summed E-state index contributed by atoms with van der Waals surface area (Å²) >= 11 is 0. The molecular formula is C15H17N3O5. The number of carbonyl (C=O) groups is 2. The van der Waals surface area contributed by atoms with Gasteiger partial charge in [-0.3, -0.25) is 14.7 Å². The molecular weight excluding hydrogens is 302 g/mol. The first kappa shape index (κ1) is 15.3. The Morgan fingerprint density at radius 1 is 1.39 bits per heavy atom. The molecule has 23 heavy (non-hydrogen) atoms. The molecule has 0 radical (unpaired) electrons. The summed E-state index contributed by atoms with van der Waals surface area (Å²) in [4.78, 5) is 23.7. The summed E-state index contributed by atoms with van der Waals surface area (Å²) in [6.45, 7) is 0.813. The average Bonchev–Trinajstić information content (AvgIpc) is 3.24. The SMILES string of the molecule is O=C(NCC1(C(=O)O)CCOCC1)c1cc(-c2ccco2)[nH]n1. The first-order valence-corrected chi connectivity index (χ1v) is 7.29. The first-order valence-electron chi connectivity index (χ1n) is 7.29. The van der Waals surface area contributed by atoms with Crippen LogP contribution in [0.15, 0.2) is 28.9 Å². The zero-order valence-electron chi connectivity index (χ0n) is 12.4. The smallest absolute Gasteiger partial charge is 0.311 e. The number of aromatic amines is 1. The van der Waals surface area contributed by atoms with Gasteiger partial charge >= 0.3 is 5.97 Å². The van der Waals surface area contributed by atoms with Crippen LogP contribution in [0.4, 0.5) is 0 Å². The van der Waals surface area contributed by atoms with Gasteiger partial charge in [-0.25, -0.2) is 0 Å². The number of H-pyrrole nitrogens is 1. The fourth-order valence-electron chi connectivity index (χ4n) is 2.56. The maximum absolute atomic E-state index is 12.2. The van der Waals surface area contributed by atoms with Crippen molar-refractivity contribution in [1.82, 2.24) is 15.5 Å². The Morgan fingerprint density at radius 2 is 2.17 bits per heavy atom. The predicted octanol–water partition coefficient (Wildman–Crippen LogP) is 1.28. The van der Waals surface area contributed by atoms with Gasteiger partial charge in [0.25, 0.3) is 5.91 Å². The lowest BCUT2D eigenvalue weighted by Crippen LogP contribution is -2.46. The van der Waals surface area contributed by atoms with Gasteiger partial charge in [-0.05, 0) is 25.0 Å². The van der Waals surface area contributed by atoms with Crippen molar-refractivity contribution in [2.24, 2.45) is 5.41 Å². The van der Waals surface area contributed by atoms with E-state index in [2.05, 4.69) is 15.5 Å². The molecule has 8 nitrogen and oxygen atoms in total. The van der Waals surface area contributed by atoms with Gasteiger partial charge in [0.1, 0.15) is 5.69 Å². The Kier molecular flexibility index (Phi) is 4.16. The van der Waals surface area contributed by atoms with Crippen molar-refractivity contribution in [2.75, 3.05) is 19.8 Å². The Bertz CT molecular complexity index is 686. The molecule has 1 aliphatic heterocycles. The monoisotopic (exact) mass is 319 g/mol. The largest absolute Gasteiger partial charge is 0.481 e. The summed E-state index contributed by atoms with van der Waals surface area (Å²) in [5, 5.41) is 18.8. The lowest BCUT2D eigenvalue weighted by atomic mass is 9.80. The van der Waals surface area contributed by atoms with Gasteiger partial charge in [0, 0.05) is 25.8 Å². The van der Waals surface area contributed by atoms with Gasteiger partial charge in [-0.2, -0.15) is 5.10 Å². The van der Waals surface area contributed by atoms with E-state index in [1.807, 2.05) is 0 Å². The van der Waals surface area contributed by atoms with Crippen molar-refractivity contribution in [3.63, 3.8) is 0 Å². The van der Waals surface area contributed by atoms with Crippen molar-refractivity contribution in [3.05, 3.63) is 30.2 Å². The molecule has 3 heterocycles. The maximum Gasteiger partial charge on any atom is 0.311 e.